The van der Waals surface area contributed by atoms with Crippen molar-refractivity contribution in [1.29, 1.82) is 0 Å². The summed E-state index contributed by atoms with van der Waals surface area (Å²) >= 11 is 1.69. The number of thioether (sulfide) groups is 1. The smallest absolute Gasteiger partial charge is 0.169 e. The molecule has 0 bridgehead atoms. The molecule has 3 aromatic carbocycles. The normalized spacial score (nSPS) is 11.3. The van der Waals surface area contributed by atoms with Crippen molar-refractivity contribution in [3.8, 4) is 5.75 Å². The van der Waals surface area contributed by atoms with Crippen molar-refractivity contribution in [1.82, 2.24) is 19.5 Å². The molecule has 0 atom stereocenters. The summed E-state index contributed by atoms with van der Waals surface area (Å²) in [4.78, 5) is 12.9. The van der Waals surface area contributed by atoms with Crippen molar-refractivity contribution in [2.75, 3.05) is 6.61 Å². The molecule has 2 aromatic heterocycles. The second-order valence-electron chi connectivity index (χ2n) is 6.69. The number of hydrogen-bond acceptors (Lipinski definition) is 4. The monoisotopic (exact) mass is 400 g/mol. The van der Waals surface area contributed by atoms with Gasteiger partial charge in [-0.15, -0.1) is 0 Å². The van der Waals surface area contributed by atoms with E-state index in [1.807, 2.05) is 66.7 Å². The van der Waals surface area contributed by atoms with E-state index in [2.05, 4.69) is 26.7 Å². The topological polar surface area (TPSA) is 55.7 Å². The number of nitrogens with one attached hydrogen (secondary N) is 1. The number of aromatic nitrogens is 4. The van der Waals surface area contributed by atoms with E-state index in [9.17, 15) is 0 Å². The van der Waals surface area contributed by atoms with Crippen LogP contribution in [0.2, 0.25) is 0 Å². The maximum atomic E-state index is 5.91. The van der Waals surface area contributed by atoms with E-state index in [1.54, 1.807) is 11.8 Å². The molecule has 2 heterocycles. The SMILES string of the molecule is c1ccc(OCCn2c(SCc3nc4ccccc4[nH]3)nc3ccccc32)cc1. The predicted octanol–water partition coefficient (Wildman–Crippen LogP) is 5.28. The zero-order valence-electron chi connectivity index (χ0n) is 15.8. The van der Waals surface area contributed by atoms with Gasteiger partial charge in [-0.25, -0.2) is 9.97 Å². The van der Waals surface area contributed by atoms with E-state index in [0.29, 0.717) is 6.61 Å². The molecule has 0 fully saturated rings. The average molecular weight is 401 g/mol. The van der Waals surface area contributed by atoms with Gasteiger partial charge in [0.15, 0.2) is 5.16 Å². The van der Waals surface area contributed by atoms with Crippen molar-refractivity contribution in [3.63, 3.8) is 0 Å². The van der Waals surface area contributed by atoms with Gasteiger partial charge in [-0.2, -0.15) is 0 Å². The first kappa shape index (κ1) is 17.8. The lowest BCUT2D eigenvalue weighted by Gasteiger charge is -2.10. The number of H-pyrrole nitrogens is 1. The first-order valence-electron chi connectivity index (χ1n) is 9.56. The van der Waals surface area contributed by atoms with Gasteiger partial charge >= 0.3 is 0 Å². The molecule has 5 rings (SSSR count). The molecule has 29 heavy (non-hydrogen) atoms. The van der Waals surface area contributed by atoms with Crippen LogP contribution in [0.25, 0.3) is 22.1 Å². The van der Waals surface area contributed by atoms with Crippen LogP contribution in [0.5, 0.6) is 5.75 Å². The van der Waals surface area contributed by atoms with Crippen LogP contribution in [-0.4, -0.2) is 26.1 Å². The van der Waals surface area contributed by atoms with Crippen molar-refractivity contribution in [2.45, 2.75) is 17.5 Å². The number of aromatic amines is 1. The van der Waals surface area contributed by atoms with E-state index in [1.165, 1.54) is 0 Å². The Kier molecular flexibility index (Phi) is 4.92. The summed E-state index contributed by atoms with van der Waals surface area (Å²) in [5.74, 6) is 2.57. The summed E-state index contributed by atoms with van der Waals surface area (Å²) < 4.78 is 8.14. The Morgan fingerprint density at radius 3 is 2.45 bits per heavy atom. The quantitative estimate of drug-likeness (QED) is 0.378. The second-order valence-corrected chi connectivity index (χ2v) is 7.63. The number of para-hydroxylation sites is 5. The average Bonchev–Trinajstić information content (AvgIpc) is 3.34. The van der Waals surface area contributed by atoms with Gasteiger partial charge < -0.3 is 14.3 Å². The highest BCUT2D eigenvalue weighted by Crippen LogP contribution is 2.27. The lowest BCUT2D eigenvalue weighted by molar-refractivity contribution is 0.295. The molecule has 0 saturated carbocycles. The first-order chi connectivity index (χ1) is 14.4. The summed E-state index contributed by atoms with van der Waals surface area (Å²) in [5.41, 5.74) is 4.18. The molecular formula is C23H20N4OS. The molecule has 0 amide bonds. The number of rotatable bonds is 7. The van der Waals surface area contributed by atoms with Crippen LogP contribution in [-0.2, 0) is 12.3 Å². The highest BCUT2D eigenvalue weighted by atomic mass is 32.2. The van der Waals surface area contributed by atoms with Gasteiger partial charge in [-0.1, -0.05) is 54.2 Å². The number of nitrogens with zero attached hydrogens (tertiary/aromatic N) is 3. The number of imidazole rings is 2. The number of benzene rings is 3. The molecule has 0 radical (unpaired) electrons. The van der Waals surface area contributed by atoms with Gasteiger partial charge in [0, 0.05) is 0 Å². The molecule has 0 aliphatic heterocycles. The molecular weight excluding hydrogens is 380 g/mol. The van der Waals surface area contributed by atoms with Crippen LogP contribution in [0.3, 0.4) is 0 Å². The van der Waals surface area contributed by atoms with E-state index < -0.39 is 0 Å². The van der Waals surface area contributed by atoms with Crippen molar-refractivity contribution < 1.29 is 4.74 Å². The van der Waals surface area contributed by atoms with Crippen molar-refractivity contribution >= 4 is 33.8 Å². The van der Waals surface area contributed by atoms with Crippen LogP contribution in [0.1, 0.15) is 5.82 Å². The fourth-order valence-corrected chi connectivity index (χ4v) is 4.27. The minimum absolute atomic E-state index is 0.586. The van der Waals surface area contributed by atoms with Crippen molar-refractivity contribution in [2.24, 2.45) is 0 Å². The summed E-state index contributed by atoms with van der Waals surface area (Å²) in [6, 6.07) is 26.2. The van der Waals surface area contributed by atoms with Gasteiger partial charge in [0.1, 0.15) is 18.2 Å². The van der Waals surface area contributed by atoms with Crippen LogP contribution in [0.4, 0.5) is 0 Å². The van der Waals surface area contributed by atoms with E-state index in [-0.39, 0.29) is 0 Å². The van der Waals surface area contributed by atoms with Crippen LogP contribution < -0.4 is 4.74 Å². The zero-order valence-corrected chi connectivity index (χ0v) is 16.6. The van der Waals surface area contributed by atoms with Gasteiger partial charge in [-0.3, -0.25) is 0 Å². The maximum absolute atomic E-state index is 5.91. The summed E-state index contributed by atoms with van der Waals surface area (Å²) in [6.07, 6.45) is 0. The first-order valence-corrected chi connectivity index (χ1v) is 10.5. The van der Waals surface area contributed by atoms with E-state index in [4.69, 9.17) is 9.72 Å². The zero-order chi connectivity index (χ0) is 19.5. The Morgan fingerprint density at radius 1 is 0.828 bits per heavy atom. The number of hydrogen-bond donors (Lipinski definition) is 1. The molecule has 0 spiro atoms. The maximum Gasteiger partial charge on any atom is 0.169 e. The Hall–Kier alpha value is -3.25. The van der Waals surface area contributed by atoms with Gasteiger partial charge in [0.2, 0.25) is 0 Å². The van der Waals surface area contributed by atoms with Gasteiger partial charge in [-0.05, 0) is 36.4 Å². The molecule has 6 heteroatoms. The molecule has 5 nitrogen and oxygen atoms in total. The van der Waals surface area contributed by atoms with Crippen LogP contribution in [0, 0.1) is 0 Å². The minimum atomic E-state index is 0.586. The fourth-order valence-electron chi connectivity index (χ4n) is 3.36. The Balaban J connectivity index is 1.35. The minimum Gasteiger partial charge on any atom is -0.492 e. The third-order valence-corrected chi connectivity index (χ3v) is 5.71. The Bertz CT molecular complexity index is 1210. The van der Waals surface area contributed by atoms with Gasteiger partial charge in [0.05, 0.1) is 34.4 Å². The summed E-state index contributed by atoms with van der Waals surface area (Å²) in [7, 11) is 0. The van der Waals surface area contributed by atoms with Crippen LogP contribution >= 0.6 is 11.8 Å². The summed E-state index contributed by atoms with van der Waals surface area (Å²) in [6.45, 7) is 1.32. The standard InChI is InChI=1S/C23H20N4OS/c1-2-8-17(9-3-1)28-15-14-27-21-13-7-6-12-20(21)26-23(27)29-16-22-24-18-10-4-5-11-19(18)25-22/h1-13H,14-16H2,(H,24,25). The molecule has 0 aliphatic rings. The summed E-state index contributed by atoms with van der Waals surface area (Å²) in [5, 5.41) is 0.975. The fraction of sp³-hybridized carbons (Fsp3) is 0.130. The molecule has 5 aromatic rings. The number of fused-ring (bicyclic) bond motifs is 2. The molecule has 144 valence electrons. The number of ether oxygens (including phenoxy) is 1. The third-order valence-electron chi connectivity index (χ3n) is 4.72. The lowest BCUT2D eigenvalue weighted by Crippen LogP contribution is -2.09. The van der Waals surface area contributed by atoms with Gasteiger partial charge in [0.25, 0.3) is 0 Å². The molecule has 0 saturated heterocycles. The predicted molar refractivity (Wildman–Crippen MR) is 117 cm³/mol. The van der Waals surface area contributed by atoms with Crippen molar-refractivity contribution in [3.05, 3.63) is 84.7 Å². The Morgan fingerprint density at radius 2 is 1.59 bits per heavy atom. The third kappa shape index (κ3) is 3.84. The molecule has 1 N–H and O–H groups in total. The van der Waals surface area contributed by atoms with E-state index in [0.717, 1.165) is 51.1 Å². The lowest BCUT2D eigenvalue weighted by atomic mass is 10.3. The largest absolute Gasteiger partial charge is 0.492 e. The van der Waals surface area contributed by atoms with E-state index >= 15 is 0 Å². The molecule has 0 aliphatic carbocycles. The highest BCUT2D eigenvalue weighted by Gasteiger charge is 2.12. The Labute approximate surface area is 172 Å². The molecule has 0 unspecified atom stereocenters. The van der Waals surface area contributed by atoms with Crippen LogP contribution in [0.15, 0.2) is 84.0 Å². The second kappa shape index (κ2) is 8.01. The highest BCUT2D eigenvalue weighted by molar-refractivity contribution is 7.98.